The molecule has 1 amide bonds. The second-order valence-electron chi connectivity index (χ2n) is 5.37. The van der Waals surface area contributed by atoms with Crippen molar-refractivity contribution in [1.82, 2.24) is 5.32 Å². The minimum atomic E-state index is -0.967. The Hall–Kier alpha value is -1.26. The smallest absolute Gasteiger partial charge is 0.233 e. The Morgan fingerprint density at radius 3 is 2.59 bits per heavy atom. The number of carbonyl (C=O) groups is 1. The monoisotopic (exact) mass is 241 g/mol. The third-order valence-electron chi connectivity index (χ3n) is 3.46. The second-order valence-corrected chi connectivity index (χ2v) is 5.37. The van der Waals surface area contributed by atoms with Crippen LogP contribution in [-0.4, -0.2) is 23.0 Å². The molecule has 0 radical (unpaired) electrons. The zero-order chi connectivity index (χ0) is 13.1. The number of carbonyl (C=O) groups excluding carboxylic acids is 1. The molecule has 1 fully saturated rings. The lowest BCUT2D eigenvalue weighted by Crippen LogP contribution is -2.49. The summed E-state index contributed by atoms with van der Waals surface area (Å²) >= 11 is 0. The second kappa shape index (κ2) is 5.38. The molecule has 5 nitrogen and oxygen atoms in total. The van der Waals surface area contributed by atoms with Crippen molar-refractivity contribution in [3.8, 4) is 0 Å². The number of hydrogen-bond acceptors (Lipinski definition) is 3. The summed E-state index contributed by atoms with van der Waals surface area (Å²) in [5.41, 5.74) is 4.56. The van der Waals surface area contributed by atoms with Gasteiger partial charge in [-0.15, -0.1) is 0 Å². The Labute approximate surface area is 102 Å². The minimum Gasteiger partial charge on any atom is -0.409 e. The Morgan fingerprint density at radius 2 is 2.18 bits per heavy atom. The maximum atomic E-state index is 12.1. The molecule has 0 heterocycles. The number of oxime groups is 1. The lowest BCUT2D eigenvalue weighted by Gasteiger charge is -2.25. The topological polar surface area (TPSA) is 87.7 Å². The van der Waals surface area contributed by atoms with E-state index in [4.69, 9.17) is 10.9 Å². The summed E-state index contributed by atoms with van der Waals surface area (Å²) in [6.45, 7) is 5.37. The lowest BCUT2D eigenvalue weighted by molar-refractivity contribution is -0.127. The largest absolute Gasteiger partial charge is 0.409 e. The van der Waals surface area contributed by atoms with Crippen LogP contribution in [0.25, 0.3) is 0 Å². The Bertz CT molecular complexity index is 309. The summed E-state index contributed by atoms with van der Waals surface area (Å²) in [6.07, 6.45) is 4.50. The van der Waals surface area contributed by atoms with Gasteiger partial charge in [0.15, 0.2) is 5.84 Å². The van der Waals surface area contributed by atoms with Gasteiger partial charge in [0, 0.05) is 6.04 Å². The van der Waals surface area contributed by atoms with Gasteiger partial charge < -0.3 is 16.3 Å². The maximum absolute atomic E-state index is 12.1. The average Bonchev–Trinajstić information content (AvgIpc) is 3.10. The fraction of sp³-hybridized carbons (Fsp3) is 0.833. The van der Waals surface area contributed by atoms with Crippen LogP contribution in [0, 0.1) is 11.3 Å². The molecule has 0 spiro atoms. The summed E-state index contributed by atoms with van der Waals surface area (Å²) < 4.78 is 0. The maximum Gasteiger partial charge on any atom is 0.233 e. The molecule has 0 aromatic heterocycles. The number of nitrogens with two attached hydrogens (primary N) is 1. The molecular weight excluding hydrogens is 218 g/mol. The van der Waals surface area contributed by atoms with Gasteiger partial charge in [-0.3, -0.25) is 4.79 Å². The quantitative estimate of drug-likeness (QED) is 0.285. The third-order valence-corrected chi connectivity index (χ3v) is 3.46. The van der Waals surface area contributed by atoms with Crippen LogP contribution in [0.15, 0.2) is 5.16 Å². The molecule has 1 unspecified atom stereocenters. The molecule has 17 heavy (non-hydrogen) atoms. The molecule has 0 saturated heterocycles. The number of amidine groups is 1. The predicted molar refractivity (Wildman–Crippen MR) is 66.8 cm³/mol. The minimum absolute atomic E-state index is 0.0590. The summed E-state index contributed by atoms with van der Waals surface area (Å²) in [4.78, 5) is 12.1. The highest BCUT2D eigenvalue weighted by Gasteiger charge is 2.34. The summed E-state index contributed by atoms with van der Waals surface area (Å²) in [5.74, 6) is 0.531. The van der Waals surface area contributed by atoms with E-state index in [0.29, 0.717) is 0 Å². The molecular formula is C12H23N3O2. The van der Waals surface area contributed by atoms with E-state index < -0.39 is 5.41 Å². The highest BCUT2D eigenvalue weighted by atomic mass is 16.4. The summed E-state index contributed by atoms with van der Waals surface area (Å²) in [7, 11) is 0. The molecule has 0 bridgehead atoms. The van der Waals surface area contributed by atoms with Crippen molar-refractivity contribution < 1.29 is 10.0 Å². The lowest BCUT2D eigenvalue weighted by atomic mass is 9.90. The van der Waals surface area contributed by atoms with Crippen LogP contribution in [-0.2, 0) is 4.79 Å². The normalized spacial score (nSPS) is 18.9. The highest BCUT2D eigenvalue weighted by molar-refractivity contribution is 6.05. The van der Waals surface area contributed by atoms with Crippen LogP contribution in [0.3, 0.4) is 0 Å². The molecule has 1 atom stereocenters. The molecule has 98 valence electrons. The van der Waals surface area contributed by atoms with Gasteiger partial charge in [0.25, 0.3) is 0 Å². The molecule has 0 aromatic carbocycles. The van der Waals surface area contributed by atoms with Crippen molar-refractivity contribution in [2.45, 2.75) is 52.5 Å². The van der Waals surface area contributed by atoms with E-state index in [1.807, 2.05) is 0 Å². The number of nitrogens with zero attached hydrogens (tertiary/aromatic N) is 1. The van der Waals surface area contributed by atoms with Gasteiger partial charge in [-0.05, 0) is 32.6 Å². The zero-order valence-electron chi connectivity index (χ0n) is 10.9. The standard InChI is InChI=1S/C12H23N3O2/c1-4-9(7-8-5-6-8)14-11(16)12(2,3)10(13)15-17/h8-9,17H,4-7H2,1-3H3,(H2,13,15)(H,14,16). The van der Waals surface area contributed by atoms with Gasteiger partial charge in [-0.1, -0.05) is 24.9 Å². The van der Waals surface area contributed by atoms with Crippen molar-refractivity contribution in [3.63, 3.8) is 0 Å². The molecule has 1 aliphatic rings. The van der Waals surface area contributed by atoms with Gasteiger partial charge in [0.1, 0.15) is 5.41 Å². The van der Waals surface area contributed by atoms with Crippen LogP contribution in [0.5, 0.6) is 0 Å². The van der Waals surface area contributed by atoms with Crippen molar-refractivity contribution in [2.75, 3.05) is 0 Å². The molecule has 4 N–H and O–H groups in total. The molecule has 0 aliphatic heterocycles. The highest BCUT2D eigenvalue weighted by Crippen LogP contribution is 2.34. The van der Waals surface area contributed by atoms with E-state index >= 15 is 0 Å². The molecule has 1 rings (SSSR count). The fourth-order valence-electron chi connectivity index (χ4n) is 1.69. The van der Waals surface area contributed by atoms with Crippen molar-refractivity contribution in [1.29, 1.82) is 0 Å². The fourth-order valence-corrected chi connectivity index (χ4v) is 1.69. The van der Waals surface area contributed by atoms with Crippen LogP contribution < -0.4 is 11.1 Å². The SMILES string of the molecule is CCC(CC1CC1)NC(=O)C(C)(C)C(N)=NO. The molecule has 1 saturated carbocycles. The van der Waals surface area contributed by atoms with Gasteiger partial charge in [-0.25, -0.2) is 0 Å². The van der Waals surface area contributed by atoms with Crippen molar-refractivity contribution >= 4 is 11.7 Å². The van der Waals surface area contributed by atoms with Gasteiger partial charge in [-0.2, -0.15) is 0 Å². The van der Waals surface area contributed by atoms with E-state index in [0.717, 1.165) is 18.8 Å². The number of hydrogen-bond donors (Lipinski definition) is 3. The van der Waals surface area contributed by atoms with Crippen molar-refractivity contribution in [3.05, 3.63) is 0 Å². The summed E-state index contributed by atoms with van der Waals surface area (Å²) in [5, 5.41) is 14.6. The molecule has 5 heteroatoms. The van der Waals surface area contributed by atoms with E-state index in [9.17, 15) is 4.79 Å². The van der Waals surface area contributed by atoms with E-state index in [1.165, 1.54) is 12.8 Å². The van der Waals surface area contributed by atoms with Crippen LogP contribution >= 0.6 is 0 Å². The summed E-state index contributed by atoms with van der Waals surface area (Å²) in [6, 6.07) is 0.195. The van der Waals surface area contributed by atoms with Crippen LogP contribution in [0.2, 0.25) is 0 Å². The van der Waals surface area contributed by atoms with Gasteiger partial charge in [0.2, 0.25) is 5.91 Å². The zero-order valence-corrected chi connectivity index (χ0v) is 10.9. The van der Waals surface area contributed by atoms with E-state index in [-0.39, 0.29) is 17.8 Å². The first-order valence-corrected chi connectivity index (χ1v) is 6.20. The first-order chi connectivity index (χ1) is 7.91. The Balaban J connectivity index is 2.56. The number of rotatable bonds is 6. The van der Waals surface area contributed by atoms with E-state index in [2.05, 4.69) is 17.4 Å². The molecule has 1 aliphatic carbocycles. The average molecular weight is 241 g/mol. The van der Waals surface area contributed by atoms with E-state index in [1.54, 1.807) is 13.8 Å². The van der Waals surface area contributed by atoms with Gasteiger partial charge >= 0.3 is 0 Å². The Kier molecular flexibility index (Phi) is 4.37. The number of amides is 1. The first-order valence-electron chi connectivity index (χ1n) is 6.20. The molecule has 0 aromatic rings. The van der Waals surface area contributed by atoms with Gasteiger partial charge in [0.05, 0.1) is 0 Å². The van der Waals surface area contributed by atoms with Crippen molar-refractivity contribution in [2.24, 2.45) is 22.2 Å². The number of nitrogens with one attached hydrogen (secondary N) is 1. The van der Waals surface area contributed by atoms with Crippen LogP contribution in [0.4, 0.5) is 0 Å². The first kappa shape index (κ1) is 13.8. The van der Waals surface area contributed by atoms with Crippen LogP contribution in [0.1, 0.15) is 46.5 Å². The Morgan fingerprint density at radius 1 is 1.59 bits per heavy atom. The predicted octanol–water partition coefficient (Wildman–Crippen LogP) is 1.45. The third kappa shape index (κ3) is 3.61.